The van der Waals surface area contributed by atoms with Gasteiger partial charge in [-0.15, -0.1) is 5.10 Å². The van der Waals surface area contributed by atoms with Gasteiger partial charge in [-0.2, -0.15) is 4.98 Å². The van der Waals surface area contributed by atoms with E-state index in [9.17, 15) is 4.39 Å². The Morgan fingerprint density at radius 2 is 1.88 bits per heavy atom. The first kappa shape index (κ1) is 14.4. The molecule has 0 saturated heterocycles. The van der Waals surface area contributed by atoms with Crippen LogP contribution in [-0.2, 0) is 0 Å². The van der Waals surface area contributed by atoms with E-state index >= 15 is 0 Å². The molecule has 0 spiro atoms. The van der Waals surface area contributed by atoms with Crippen molar-refractivity contribution in [3.8, 4) is 11.1 Å². The number of anilines is 2. The van der Waals surface area contributed by atoms with Crippen LogP contribution >= 0.6 is 0 Å². The topological polar surface area (TPSA) is 42.2 Å². The van der Waals surface area contributed by atoms with Gasteiger partial charge in [-0.05, 0) is 42.8 Å². The summed E-state index contributed by atoms with van der Waals surface area (Å²) in [6.45, 7) is 2.06. The second-order valence-electron chi connectivity index (χ2n) is 5.63. The lowest BCUT2D eigenvalue weighted by molar-refractivity contribution is 0.628. The maximum atomic E-state index is 13.3. The number of fused-ring (bicyclic) bond motifs is 1. The van der Waals surface area contributed by atoms with Gasteiger partial charge in [-0.3, -0.25) is 0 Å². The summed E-state index contributed by atoms with van der Waals surface area (Å²) in [5, 5.41) is 7.46. The number of aromatic nitrogens is 3. The average molecular weight is 318 g/mol. The van der Waals surface area contributed by atoms with Crippen LogP contribution in [0.15, 0.2) is 66.9 Å². The predicted octanol–water partition coefficient (Wildman–Crippen LogP) is 4.59. The summed E-state index contributed by atoms with van der Waals surface area (Å²) in [4.78, 5) is 4.56. The molecule has 0 amide bonds. The highest BCUT2D eigenvalue weighted by molar-refractivity contribution is 5.78. The van der Waals surface area contributed by atoms with Gasteiger partial charge in [0.25, 0.3) is 0 Å². The van der Waals surface area contributed by atoms with Gasteiger partial charge in [0.1, 0.15) is 5.82 Å². The minimum atomic E-state index is -0.302. The second-order valence-corrected chi connectivity index (χ2v) is 5.63. The van der Waals surface area contributed by atoms with Crippen molar-refractivity contribution in [2.45, 2.75) is 6.92 Å². The molecule has 2 aromatic heterocycles. The highest BCUT2D eigenvalue weighted by Gasteiger charge is 2.10. The molecule has 4 aromatic rings. The molecule has 118 valence electrons. The third-order valence-electron chi connectivity index (χ3n) is 3.77. The van der Waals surface area contributed by atoms with E-state index in [0.717, 1.165) is 16.8 Å². The van der Waals surface area contributed by atoms with Crippen LogP contribution in [-0.4, -0.2) is 14.6 Å². The van der Waals surface area contributed by atoms with E-state index in [4.69, 9.17) is 0 Å². The first-order valence-corrected chi connectivity index (χ1v) is 7.64. The van der Waals surface area contributed by atoms with Crippen LogP contribution in [0.1, 0.15) is 5.56 Å². The molecule has 0 aliphatic heterocycles. The molecule has 0 unspecified atom stereocenters. The summed E-state index contributed by atoms with van der Waals surface area (Å²) in [5.74, 6) is 0.130. The predicted molar refractivity (Wildman–Crippen MR) is 92.8 cm³/mol. The summed E-state index contributed by atoms with van der Waals surface area (Å²) in [6.07, 6.45) is 1.85. The Bertz CT molecular complexity index is 1020. The van der Waals surface area contributed by atoms with E-state index in [1.807, 2.05) is 24.4 Å². The Morgan fingerprint density at radius 3 is 2.71 bits per heavy atom. The van der Waals surface area contributed by atoms with E-state index in [-0.39, 0.29) is 5.82 Å². The lowest BCUT2D eigenvalue weighted by atomic mass is 10.1. The van der Waals surface area contributed by atoms with Crippen LogP contribution in [0.25, 0.3) is 16.8 Å². The zero-order valence-corrected chi connectivity index (χ0v) is 13.1. The standard InChI is InChI=1S/C19H15FN4/c1-13-5-2-6-14(11-13)17-9-4-10-24-18(17)22-19(23-24)21-16-8-3-7-15(20)12-16/h2-12H,1H3,(H,21,23). The fourth-order valence-corrected chi connectivity index (χ4v) is 2.69. The van der Waals surface area contributed by atoms with Crippen LogP contribution in [0.3, 0.4) is 0 Å². The molecule has 0 bridgehead atoms. The van der Waals surface area contributed by atoms with Gasteiger partial charge >= 0.3 is 0 Å². The zero-order chi connectivity index (χ0) is 16.5. The first-order valence-electron chi connectivity index (χ1n) is 7.64. The lowest BCUT2D eigenvalue weighted by Crippen LogP contribution is -1.93. The molecule has 1 N–H and O–H groups in total. The Morgan fingerprint density at radius 1 is 1.00 bits per heavy atom. The van der Waals surface area contributed by atoms with Gasteiger partial charge in [-0.1, -0.05) is 35.9 Å². The summed E-state index contributed by atoms with van der Waals surface area (Å²) in [5.41, 5.74) is 4.64. The Labute approximate surface area is 138 Å². The van der Waals surface area contributed by atoms with E-state index in [1.165, 1.54) is 17.7 Å². The SMILES string of the molecule is Cc1cccc(-c2cccn3nc(Nc4cccc(F)c4)nc23)c1. The highest BCUT2D eigenvalue weighted by Crippen LogP contribution is 2.25. The van der Waals surface area contributed by atoms with Gasteiger partial charge in [0.2, 0.25) is 5.95 Å². The molecule has 0 radical (unpaired) electrons. The van der Waals surface area contributed by atoms with Crippen molar-refractivity contribution in [2.24, 2.45) is 0 Å². The highest BCUT2D eigenvalue weighted by atomic mass is 19.1. The minimum Gasteiger partial charge on any atom is -0.323 e. The Hall–Kier alpha value is -3.21. The normalized spacial score (nSPS) is 10.9. The van der Waals surface area contributed by atoms with Gasteiger partial charge < -0.3 is 5.32 Å². The molecule has 0 aliphatic rings. The summed E-state index contributed by atoms with van der Waals surface area (Å²) < 4.78 is 15.0. The van der Waals surface area contributed by atoms with Crippen LogP contribution in [0, 0.1) is 12.7 Å². The molecular formula is C19H15FN4. The quantitative estimate of drug-likeness (QED) is 0.601. The van der Waals surface area contributed by atoms with Crippen LogP contribution in [0.2, 0.25) is 0 Å². The maximum Gasteiger partial charge on any atom is 0.247 e. The number of benzene rings is 2. The number of nitrogens with zero attached hydrogens (tertiary/aromatic N) is 3. The minimum absolute atomic E-state index is 0.302. The number of halogens is 1. The van der Waals surface area contributed by atoms with Crippen molar-refractivity contribution < 1.29 is 4.39 Å². The summed E-state index contributed by atoms with van der Waals surface area (Å²) in [7, 11) is 0. The van der Waals surface area contributed by atoms with Gasteiger partial charge in [0.05, 0.1) is 0 Å². The molecule has 5 heteroatoms. The van der Waals surface area contributed by atoms with E-state index in [2.05, 4.69) is 40.5 Å². The van der Waals surface area contributed by atoms with Crippen molar-refractivity contribution in [2.75, 3.05) is 5.32 Å². The first-order chi connectivity index (χ1) is 11.7. The fourth-order valence-electron chi connectivity index (χ4n) is 2.69. The van der Waals surface area contributed by atoms with E-state index in [0.29, 0.717) is 11.6 Å². The van der Waals surface area contributed by atoms with Crippen LogP contribution in [0.4, 0.5) is 16.0 Å². The third-order valence-corrected chi connectivity index (χ3v) is 3.77. The van der Waals surface area contributed by atoms with Gasteiger partial charge in [0, 0.05) is 17.4 Å². The van der Waals surface area contributed by atoms with Crippen LogP contribution in [0.5, 0.6) is 0 Å². The molecule has 0 aliphatic carbocycles. The van der Waals surface area contributed by atoms with E-state index < -0.39 is 0 Å². The molecule has 2 aromatic carbocycles. The number of pyridine rings is 1. The monoisotopic (exact) mass is 318 g/mol. The smallest absolute Gasteiger partial charge is 0.247 e. The average Bonchev–Trinajstić information content (AvgIpc) is 2.97. The second kappa shape index (κ2) is 5.77. The van der Waals surface area contributed by atoms with Gasteiger partial charge in [0.15, 0.2) is 5.65 Å². The van der Waals surface area contributed by atoms with Crippen molar-refractivity contribution >= 4 is 17.3 Å². The number of rotatable bonds is 3. The van der Waals surface area contributed by atoms with E-state index in [1.54, 1.807) is 16.6 Å². The fraction of sp³-hybridized carbons (Fsp3) is 0.0526. The molecule has 0 atom stereocenters. The number of nitrogens with one attached hydrogen (secondary N) is 1. The molecule has 4 nitrogen and oxygen atoms in total. The van der Waals surface area contributed by atoms with Crippen molar-refractivity contribution in [3.05, 3.63) is 78.2 Å². The molecule has 24 heavy (non-hydrogen) atoms. The van der Waals surface area contributed by atoms with Gasteiger partial charge in [-0.25, -0.2) is 8.91 Å². The molecule has 4 rings (SSSR count). The maximum absolute atomic E-state index is 13.3. The summed E-state index contributed by atoms with van der Waals surface area (Å²) in [6, 6.07) is 18.4. The molecular weight excluding hydrogens is 303 g/mol. The van der Waals surface area contributed by atoms with Crippen LogP contribution < -0.4 is 5.32 Å². The molecule has 0 saturated carbocycles. The number of aryl methyl sites for hydroxylation is 1. The van der Waals surface area contributed by atoms with Crippen molar-refractivity contribution in [1.29, 1.82) is 0 Å². The lowest BCUT2D eigenvalue weighted by Gasteiger charge is -2.03. The number of hydrogen-bond acceptors (Lipinski definition) is 3. The molecule has 2 heterocycles. The van der Waals surface area contributed by atoms with Crippen molar-refractivity contribution in [3.63, 3.8) is 0 Å². The summed E-state index contributed by atoms with van der Waals surface area (Å²) >= 11 is 0. The van der Waals surface area contributed by atoms with Crippen molar-refractivity contribution in [1.82, 2.24) is 14.6 Å². The molecule has 0 fully saturated rings. The zero-order valence-electron chi connectivity index (χ0n) is 13.1. The largest absolute Gasteiger partial charge is 0.323 e. The number of hydrogen-bond donors (Lipinski definition) is 1. The Balaban J connectivity index is 1.77. The Kier molecular flexibility index (Phi) is 3.46. The third kappa shape index (κ3) is 2.72.